The summed E-state index contributed by atoms with van der Waals surface area (Å²) in [6, 6.07) is 2.20. The van der Waals surface area contributed by atoms with E-state index in [1.54, 1.807) is 11.1 Å². The first-order chi connectivity index (χ1) is 7.40. The number of hydrogen-bond acceptors (Lipinski definition) is 1. The van der Waals surface area contributed by atoms with E-state index in [0.29, 0.717) is 0 Å². The molecule has 2 heteroatoms. The summed E-state index contributed by atoms with van der Waals surface area (Å²) in [6.45, 7) is 0. The molecule has 0 saturated heterocycles. The molecule has 1 aromatic carbocycles. The molecule has 15 heavy (non-hydrogen) atoms. The van der Waals surface area contributed by atoms with Gasteiger partial charge in [0.25, 0.3) is 0 Å². The van der Waals surface area contributed by atoms with Crippen LogP contribution in [-0.2, 0) is 30.5 Å². The number of benzene rings is 1. The third-order valence-electron chi connectivity index (χ3n) is 3.70. The summed E-state index contributed by atoms with van der Waals surface area (Å²) in [5.74, 6) is 0. The second-order valence-electron chi connectivity index (χ2n) is 4.49. The third-order valence-corrected chi connectivity index (χ3v) is 3.70. The van der Waals surface area contributed by atoms with E-state index in [0.717, 1.165) is 18.5 Å². The second kappa shape index (κ2) is 3.37. The van der Waals surface area contributed by atoms with Crippen molar-refractivity contribution in [3.05, 3.63) is 28.3 Å². The molecule has 0 radical (unpaired) electrons. The molecule has 2 nitrogen and oxygen atoms in total. The molecule has 0 fully saturated rings. The van der Waals surface area contributed by atoms with E-state index in [1.807, 2.05) is 0 Å². The van der Waals surface area contributed by atoms with Crippen molar-refractivity contribution in [1.82, 2.24) is 0 Å². The van der Waals surface area contributed by atoms with Crippen molar-refractivity contribution in [3.8, 4) is 0 Å². The van der Waals surface area contributed by atoms with Gasteiger partial charge in [-0.15, -0.1) is 0 Å². The Hall–Kier alpha value is -1.31. The Balaban J connectivity index is 2.17. The van der Waals surface area contributed by atoms with E-state index in [2.05, 4.69) is 11.4 Å². The lowest BCUT2D eigenvalue weighted by Crippen LogP contribution is -2.02. The Labute approximate surface area is 89.7 Å². The lowest BCUT2D eigenvalue weighted by molar-refractivity contribution is -0.105. The quantitative estimate of drug-likeness (QED) is 0.730. The number of nitrogens with one attached hydrogen (secondary N) is 1. The Bertz CT molecular complexity index is 423. The number of carbonyl (C=O) groups is 1. The maximum atomic E-state index is 10.6. The molecule has 0 unspecified atom stereocenters. The Kier molecular flexibility index (Phi) is 2.01. The second-order valence-corrected chi connectivity index (χ2v) is 4.49. The van der Waals surface area contributed by atoms with Crippen molar-refractivity contribution in [3.63, 3.8) is 0 Å². The lowest BCUT2D eigenvalue weighted by Gasteiger charge is -2.12. The zero-order valence-corrected chi connectivity index (χ0v) is 8.81. The van der Waals surface area contributed by atoms with Gasteiger partial charge >= 0.3 is 0 Å². The van der Waals surface area contributed by atoms with E-state index in [1.165, 1.54) is 43.2 Å². The number of aryl methyl sites for hydroxylation is 1. The average molecular weight is 201 g/mol. The lowest BCUT2D eigenvalue weighted by atomic mass is 9.98. The first-order valence-electron chi connectivity index (χ1n) is 5.77. The molecule has 2 aliphatic carbocycles. The van der Waals surface area contributed by atoms with Gasteiger partial charge in [-0.05, 0) is 66.8 Å². The fourth-order valence-corrected chi connectivity index (χ4v) is 3.10. The number of fused-ring (bicyclic) bond motifs is 3. The summed E-state index contributed by atoms with van der Waals surface area (Å²) < 4.78 is 0. The summed E-state index contributed by atoms with van der Waals surface area (Å²) in [5, 5.41) is 2.86. The van der Waals surface area contributed by atoms with Crippen molar-refractivity contribution in [1.29, 1.82) is 0 Å². The third kappa shape index (κ3) is 1.28. The van der Waals surface area contributed by atoms with Crippen LogP contribution in [0.5, 0.6) is 0 Å². The van der Waals surface area contributed by atoms with Crippen molar-refractivity contribution >= 4 is 12.1 Å². The van der Waals surface area contributed by atoms with E-state index >= 15 is 0 Å². The van der Waals surface area contributed by atoms with E-state index in [9.17, 15) is 4.79 Å². The van der Waals surface area contributed by atoms with Crippen molar-refractivity contribution in [2.75, 3.05) is 5.32 Å². The fourth-order valence-electron chi connectivity index (χ4n) is 3.10. The van der Waals surface area contributed by atoms with E-state index in [-0.39, 0.29) is 0 Å². The molecule has 0 bridgehead atoms. The number of hydrogen-bond donors (Lipinski definition) is 1. The highest BCUT2D eigenvalue weighted by Gasteiger charge is 2.23. The van der Waals surface area contributed by atoms with Crippen LogP contribution in [0.2, 0.25) is 0 Å². The maximum absolute atomic E-state index is 10.6. The van der Waals surface area contributed by atoms with Crippen LogP contribution < -0.4 is 5.32 Å². The summed E-state index contributed by atoms with van der Waals surface area (Å²) in [6.07, 6.45) is 8.13. The van der Waals surface area contributed by atoms with Crippen LogP contribution in [0.3, 0.4) is 0 Å². The SMILES string of the molecule is O=CNc1cc2c(c3c1CCC3)CCC2. The predicted octanol–water partition coefficient (Wildman–Crippen LogP) is 2.23. The van der Waals surface area contributed by atoms with Gasteiger partial charge in [0, 0.05) is 5.69 Å². The van der Waals surface area contributed by atoms with Crippen molar-refractivity contribution in [2.24, 2.45) is 0 Å². The maximum Gasteiger partial charge on any atom is 0.211 e. The van der Waals surface area contributed by atoms with Crippen LogP contribution in [-0.4, -0.2) is 6.41 Å². The molecule has 0 aliphatic heterocycles. The van der Waals surface area contributed by atoms with Gasteiger partial charge in [-0.25, -0.2) is 0 Å². The first kappa shape index (κ1) is 8.96. The van der Waals surface area contributed by atoms with E-state index in [4.69, 9.17) is 0 Å². The minimum absolute atomic E-state index is 0.801. The monoisotopic (exact) mass is 201 g/mol. The predicted molar refractivity (Wildman–Crippen MR) is 60.2 cm³/mol. The Morgan fingerprint density at radius 1 is 1.00 bits per heavy atom. The van der Waals surface area contributed by atoms with Gasteiger partial charge < -0.3 is 5.32 Å². The number of anilines is 1. The number of carbonyl (C=O) groups excluding carboxylic acids is 1. The molecule has 78 valence electrons. The highest BCUT2D eigenvalue weighted by Crippen LogP contribution is 2.37. The molecule has 0 atom stereocenters. The molecule has 3 rings (SSSR count). The summed E-state index contributed by atoms with van der Waals surface area (Å²) >= 11 is 0. The van der Waals surface area contributed by atoms with Crippen LogP contribution in [0.4, 0.5) is 5.69 Å². The molecule has 0 heterocycles. The van der Waals surface area contributed by atoms with Gasteiger partial charge in [0.1, 0.15) is 0 Å². The molecule has 0 aromatic heterocycles. The highest BCUT2D eigenvalue weighted by molar-refractivity contribution is 5.76. The van der Waals surface area contributed by atoms with Crippen molar-refractivity contribution in [2.45, 2.75) is 38.5 Å². The zero-order valence-electron chi connectivity index (χ0n) is 8.81. The zero-order chi connectivity index (χ0) is 10.3. The minimum Gasteiger partial charge on any atom is -0.328 e. The molecule has 2 aliphatic rings. The fraction of sp³-hybridized carbons (Fsp3) is 0.462. The summed E-state index contributed by atoms with van der Waals surface area (Å²) in [7, 11) is 0. The van der Waals surface area contributed by atoms with Crippen LogP contribution >= 0.6 is 0 Å². The standard InChI is InChI=1S/C13H15NO/c15-8-14-13-7-9-3-1-4-10(9)11-5-2-6-12(11)13/h7-8H,1-6H2,(H,14,15). The minimum atomic E-state index is 0.801. The van der Waals surface area contributed by atoms with Crippen LogP contribution in [0, 0.1) is 0 Å². The molecular weight excluding hydrogens is 186 g/mol. The number of rotatable bonds is 2. The Morgan fingerprint density at radius 2 is 1.73 bits per heavy atom. The topological polar surface area (TPSA) is 29.1 Å². The number of amides is 1. The Morgan fingerprint density at radius 3 is 2.60 bits per heavy atom. The molecular formula is C13H15NO. The average Bonchev–Trinajstić information content (AvgIpc) is 2.84. The van der Waals surface area contributed by atoms with Crippen molar-refractivity contribution < 1.29 is 4.79 Å². The molecule has 0 saturated carbocycles. The van der Waals surface area contributed by atoms with Gasteiger partial charge in [0.05, 0.1) is 0 Å². The summed E-state index contributed by atoms with van der Waals surface area (Å²) in [4.78, 5) is 10.6. The smallest absolute Gasteiger partial charge is 0.211 e. The van der Waals surface area contributed by atoms with Gasteiger partial charge in [0.15, 0.2) is 0 Å². The normalized spacial score (nSPS) is 17.3. The van der Waals surface area contributed by atoms with Crippen LogP contribution in [0.25, 0.3) is 0 Å². The largest absolute Gasteiger partial charge is 0.328 e. The van der Waals surface area contributed by atoms with Crippen LogP contribution in [0.1, 0.15) is 35.1 Å². The van der Waals surface area contributed by atoms with Gasteiger partial charge in [-0.3, -0.25) is 4.79 Å². The molecule has 1 N–H and O–H groups in total. The van der Waals surface area contributed by atoms with E-state index < -0.39 is 0 Å². The van der Waals surface area contributed by atoms with Gasteiger partial charge in [-0.1, -0.05) is 0 Å². The molecule has 1 aromatic rings. The van der Waals surface area contributed by atoms with Gasteiger partial charge in [0.2, 0.25) is 6.41 Å². The molecule has 0 spiro atoms. The highest BCUT2D eigenvalue weighted by atomic mass is 16.1. The molecule has 1 amide bonds. The first-order valence-corrected chi connectivity index (χ1v) is 5.77. The summed E-state index contributed by atoms with van der Waals surface area (Å²) in [5.41, 5.74) is 7.09. The van der Waals surface area contributed by atoms with Gasteiger partial charge in [-0.2, -0.15) is 0 Å². The van der Waals surface area contributed by atoms with Crippen LogP contribution in [0.15, 0.2) is 6.07 Å².